The number of nitrogens with two attached hydrogens (primary N) is 2. The quantitative estimate of drug-likeness (QED) is 0.356. The van der Waals surface area contributed by atoms with Gasteiger partial charge in [0.1, 0.15) is 6.04 Å². The molecule has 0 rings (SSSR count). The van der Waals surface area contributed by atoms with Gasteiger partial charge in [0.25, 0.3) is 0 Å². The lowest BCUT2D eigenvalue weighted by molar-refractivity contribution is -0.138. The van der Waals surface area contributed by atoms with Crippen LogP contribution in [0.4, 0.5) is 0 Å². The number of carboxylic acid groups (broad SMARTS) is 1. The summed E-state index contributed by atoms with van der Waals surface area (Å²) in [6, 6.07) is -1.39. The zero-order valence-corrected chi connectivity index (χ0v) is 7.92. The molecule has 5 nitrogen and oxygen atoms in total. The first-order valence-corrected chi connectivity index (χ1v) is 4.39. The number of nitrogens with one attached hydrogen (secondary N) is 1. The van der Waals surface area contributed by atoms with E-state index in [2.05, 4.69) is 0 Å². The molecule has 0 radical (unpaired) electrons. The van der Waals surface area contributed by atoms with Crippen molar-refractivity contribution in [1.82, 2.24) is 0 Å². The number of rotatable bonds is 6. The number of aliphatic carboxylic acids is 1. The Balaban J connectivity index is 3.76. The highest BCUT2D eigenvalue weighted by Crippen LogP contribution is 2.00. The van der Waals surface area contributed by atoms with Crippen molar-refractivity contribution in [2.24, 2.45) is 11.5 Å². The predicted molar refractivity (Wildman–Crippen MR) is 51.3 cm³/mol. The fraction of sp³-hybridized carbons (Fsp3) is 0.714. The molecule has 0 saturated heterocycles. The molecule has 0 aromatic heterocycles. The van der Waals surface area contributed by atoms with Gasteiger partial charge < -0.3 is 22.0 Å². The van der Waals surface area contributed by atoms with Crippen LogP contribution >= 0.6 is 11.6 Å². The smallest absolute Gasteiger partial charge is 0.320 e. The summed E-state index contributed by atoms with van der Waals surface area (Å²) in [5.74, 6) is -0.978. The van der Waals surface area contributed by atoms with Gasteiger partial charge in [-0.3, -0.25) is 4.79 Å². The van der Waals surface area contributed by atoms with Crippen molar-refractivity contribution in [1.29, 1.82) is 5.41 Å². The van der Waals surface area contributed by atoms with Crippen LogP contribution in [-0.2, 0) is 4.79 Å². The van der Waals surface area contributed by atoms with Crippen molar-refractivity contribution < 1.29 is 9.90 Å². The highest BCUT2D eigenvalue weighted by atomic mass is 35.5. The summed E-state index contributed by atoms with van der Waals surface area (Å²) in [7, 11) is 0. The summed E-state index contributed by atoms with van der Waals surface area (Å²) in [4.78, 5) is 10.3. The maximum Gasteiger partial charge on any atom is 0.320 e. The normalized spacial score (nSPS) is 15.0. The third-order valence-electron chi connectivity index (χ3n) is 1.70. The number of hydrogen-bond acceptors (Lipinski definition) is 4. The second-order valence-electron chi connectivity index (χ2n) is 2.79. The largest absolute Gasteiger partial charge is 0.480 e. The lowest BCUT2D eigenvalue weighted by Gasteiger charge is -2.12. The van der Waals surface area contributed by atoms with Crippen LogP contribution in [-0.4, -0.2) is 34.8 Å². The van der Waals surface area contributed by atoms with E-state index in [1.165, 1.54) is 0 Å². The van der Waals surface area contributed by atoms with E-state index in [1.54, 1.807) is 0 Å². The molecule has 2 atom stereocenters. The standard InChI is InChI=1S/C7H14ClN3O2/c8-3-6(11)4(9)1-2-5(10)7(12)13/h4-5,11H,1-3,9-10H2,(H,12,13)/t4?,5-/m0/s1. The molecule has 76 valence electrons. The third-order valence-corrected chi connectivity index (χ3v) is 1.99. The van der Waals surface area contributed by atoms with Gasteiger partial charge in [0, 0.05) is 11.8 Å². The van der Waals surface area contributed by atoms with Crippen LogP contribution in [0.3, 0.4) is 0 Å². The molecule has 0 aliphatic heterocycles. The Morgan fingerprint density at radius 3 is 2.23 bits per heavy atom. The van der Waals surface area contributed by atoms with Crippen LogP contribution in [0.2, 0.25) is 0 Å². The SMILES string of the molecule is N=C(CCl)C(N)CC[C@H](N)C(=O)O. The van der Waals surface area contributed by atoms with Crippen molar-refractivity contribution in [2.45, 2.75) is 24.9 Å². The zero-order chi connectivity index (χ0) is 10.4. The van der Waals surface area contributed by atoms with E-state index < -0.39 is 18.1 Å². The Bertz CT molecular complexity index is 198. The molecular formula is C7H14ClN3O2. The molecular weight excluding hydrogens is 194 g/mol. The Morgan fingerprint density at radius 1 is 1.38 bits per heavy atom. The number of carbonyl (C=O) groups is 1. The van der Waals surface area contributed by atoms with E-state index in [9.17, 15) is 4.79 Å². The first-order chi connectivity index (χ1) is 5.99. The fourth-order valence-electron chi connectivity index (χ4n) is 0.756. The van der Waals surface area contributed by atoms with Crippen LogP contribution in [0.15, 0.2) is 0 Å². The predicted octanol–water partition coefficient (Wildman–Crippen LogP) is -0.236. The first kappa shape index (κ1) is 12.3. The van der Waals surface area contributed by atoms with Crippen LogP contribution < -0.4 is 11.5 Å². The summed E-state index contributed by atoms with van der Waals surface area (Å²) in [5, 5.41) is 15.7. The van der Waals surface area contributed by atoms with Gasteiger partial charge in [0.2, 0.25) is 0 Å². The van der Waals surface area contributed by atoms with Crippen LogP contribution in [0, 0.1) is 5.41 Å². The maximum absolute atomic E-state index is 10.3. The van der Waals surface area contributed by atoms with Gasteiger partial charge in [0.05, 0.1) is 5.88 Å². The van der Waals surface area contributed by atoms with Crippen LogP contribution in [0.25, 0.3) is 0 Å². The first-order valence-electron chi connectivity index (χ1n) is 3.86. The van der Waals surface area contributed by atoms with Gasteiger partial charge in [0.15, 0.2) is 0 Å². The average molecular weight is 208 g/mol. The van der Waals surface area contributed by atoms with E-state index in [0.717, 1.165) is 0 Å². The molecule has 1 unspecified atom stereocenters. The highest BCUT2D eigenvalue weighted by molar-refractivity contribution is 6.28. The fourth-order valence-corrected chi connectivity index (χ4v) is 0.954. The third kappa shape index (κ3) is 4.82. The van der Waals surface area contributed by atoms with Gasteiger partial charge in [-0.2, -0.15) is 0 Å². The number of hydrogen-bond donors (Lipinski definition) is 4. The molecule has 6 N–H and O–H groups in total. The molecule has 13 heavy (non-hydrogen) atoms. The second-order valence-corrected chi connectivity index (χ2v) is 3.05. The Kier molecular flexibility index (Phi) is 5.61. The van der Waals surface area contributed by atoms with Gasteiger partial charge in [-0.25, -0.2) is 0 Å². The number of alkyl halides is 1. The van der Waals surface area contributed by atoms with E-state index in [4.69, 9.17) is 33.6 Å². The molecule has 0 aliphatic rings. The van der Waals surface area contributed by atoms with Crippen LogP contribution in [0.5, 0.6) is 0 Å². The van der Waals surface area contributed by atoms with Gasteiger partial charge in [-0.1, -0.05) is 0 Å². The summed E-state index contributed by atoms with van der Waals surface area (Å²) in [5.41, 5.74) is 11.0. The van der Waals surface area contributed by atoms with Gasteiger partial charge in [-0.15, -0.1) is 11.6 Å². The minimum Gasteiger partial charge on any atom is -0.480 e. The lowest BCUT2D eigenvalue weighted by Crippen LogP contribution is -2.36. The van der Waals surface area contributed by atoms with E-state index in [1.807, 2.05) is 0 Å². The average Bonchev–Trinajstić information content (AvgIpc) is 2.11. The molecule has 0 spiro atoms. The van der Waals surface area contributed by atoms with Gasteiger partial charge >= 0.3 is 5.97 Å². The molecule has 0 amide bonds. The molecule has 0 saturated carbocycles. The molecule has 0 aromatic carbocycles. The summed E-state index contributed by atoms with van der Waals surface area (Å²) >= 11 is 5.37. The topological polar surface area (TPSA) is 113 Å². The molecule has 0 fully saturated rings. The molecule has 0 bridgehead atoms. The minimum atomic E-state index is -1.05. The van der Waals surface area contributed by atoms with Crippen molar-refractivity contribution in [3.8, 4) is 0 Å². The van der Waals surface area contributed by atoms with Crippen molar-refractivity contribution >= 4 is 23.3 Å². The minimum absolute atomic E-state index is 0.0729. The Hall–Kier alpha value is -0.650. The van der Waals surface area contributed by atoms with Crippen molar-refractivity contribution in [3.63, 3.8) is 0 Å². The summed E-state index contributed by atoms with van der Waals surface area (Å²) < 4.78 is 0. The second kappa shape index (κ2) is 5.90. The van der Waals surface area contributed by atoms with E-state index in [-0.39, 0.29) is 18.0 Å². The number of carboxylic acids is 1. The Morgan fingerprint density at radius 2 is 1.85 bits per heavy atom. The van der Waals surface area contributed by atoms with Gasteiger partial charge in [-0.05, 0) is 12.8 Å². The molecule has 6 heteroatoms. The Labute approximate surface area is 81.6 Å². The molecule has 0 aromatic rings. The summed E-state index contributed by atoms with van der Waals surface area (Å²) in [6.07, 6.45) is 0.634. The molecule has 0 aliphatic carbocycles. The van der Waals surface area contributed by atoms with Crippen molar-refractivity contribution in [3.05, 3.63) is 0 Å². The number of halogens is 1. The highest BCUT2D eigenvalue weighted by Gasteiger charge is 2.15. The lowest BCUT2D eigenvalue weighted by atomic mass is 10.0. The molecule has 0 heterocycles. The van der Waals surface area contributed by atoms with Crippen molar-refractivity contribution in [2.75, 3.05) is 5.88 Å². The van der Waals surface area contributed by atoms with E-state index >= 15 is 0 Å². The zero-order valence-electron chi connectivity index (χ0n) is 7.16. The monoisotopic (exact) mass is 207 g/mol. The van der Waals surface area contributed by atoms with E-state index in [0.29, 0.717) is 6.42 Å². The van der Waals surface area contributed by atoms with Crippen LogP contribution in [0.1, 0.15) is 12.8 Å². The maximum atomic E-state index is 10.3. The summed E-state index contributed by atoms with van der Waals surface area (Å²) in [6.45, 7) is 0.